The Labute approximate surface area is 105 Å². The molecular formula is C12H13ClN2O2. The highest BCUT2D eigenvalue weighted by Crippen LogP contribution is 2.25. The Bertz CT molecular complexity index is 454. The van der Waals surface area contributed by atoms with Crippen LogP contribution >= 0.6 is 11.6 Å². The minimum absolute atomic E-state index is 0.0862. The van der Waals surface area contributed by atoms with Crippen molar-refractivity contribution in [3.8, 4) is 6.07 Å². The van der Waals surface area contributed by atoms with Crippen LogP contribution in [-0.2, 0) is 9.53 Å². The van der Waals surface area contributed by atoms with Gasteiger partial charge in [-0.25, -0.2) is 0 Å². The van der Waals surface area contributed by atoms with Crippen molar-refractivity contribution in [1.82, 2.24) is 0 Å². The number of benzene rings is 1. The Kier molecular flexibility index (Phi) is 4.80. The van der Waals surface area contributed by atoms with Gasteiger partial charge in [-0.05, 0) is 19.1 Å². The molecule has 0 aliphatic heterocycles. The van der Waals surface area contributed by atoms with Gasteiger partial charge >= 0.3 is 5.97 Å². The van der Waals surface area contributed by atoms with Crippen molar-refractivity contribution in [3.05, 3.63) is 28.8 Å². The van der Waals surface area contributed by atoms with E-state index in [0.29, 0.717) is 22.9 Å². The van der Waals surface area contributed by atoms with Gasteiger partial charge in [0.15, 0.2) is 0 Å². The molecule has 0 amide bonds. The summed E-state index contributed by atoms with van der Waals surface area (Å²) < 4.78 is 4.84. The summed E-state index contributed by atoms with van der Waals surface area (Å²) in [7, 11) is 1.71. The fourth-order valence-corrected chi connectivity index (χ4v) is 1.64. The highest BCUT2D eigenvalue weighted by atomic mass is 35.5. The number of carbonyl (C=O) groups is 1. The largest absolute Gasteiger partial charge is 0.465 e. The van der Waals surface area contributed by atoms with E-state index in [1.54, 1.807) is 37.1 Å². The van der Waals surface area contributed by atoms with Crippen LogP contribution in [0.4, 0.5) is 5.69 Å². The number of nitriles is 1. The second-order valence-electron chi connectivity index (χ2n) is 3.41. The highest BCUT2D eigenvalue weighted by Gasteiger charge is 2.13. The first-order chi connectivity index (χ1) is 8.10. The molecule has 0 bridgehead atoms. The van der Waals surface area contributed by atoms with Crippen LogP contribution in [0.2, 0.25) is 5.02 Å². The van der Waals surface area contributed by atoms with Gasteiger partial charge in [-0.15, -0.1) is 0 Å². The van der Waals surface area contributed by atoms with E-state index < -0.39 is 0 Å². The van der Waals surface area contributed by atoms with E-state index in [2.05, 4.69) is 0 Å². The minimum Gasteiger partial charge on any atom is -0.465 e. The molecule has 1 aromatic carbocycles. The van der Waals surface area contributed by atoms with Gasteiger partial charge in [0.05, 0.1) is 22.9 Å². The lowest BCUT2D eigenvalue weighted by Gasteiger charge is -2.19. The Morgan fingerprint density at radius 1 is 1.59 bits per heavy atom. The summed E-state index contributed by atoms with van der Waals surface area (Å²) in [6.07, 6.45) is 0. The van der Waals surface area contributed by atoms with Gasteiger partial charge < -0.3 is 9.64 Å². The molecule has 0 saturated carbocycles. The summed E-state index contributed by atoms with van der Waals surface area (Å²) in [5.41, 5.74) is 0.981. The van der Waals surface area contributed by atoms with E-state index in [1.165, 1.54) is 0 Å². The molecule has 0 radical (unpaired) electrons. The van der Waals surface area contributed by atoms with E-state index in [9.17, 15) is 4.79 Å². The molecule has 4 nitrogen and oxygen atoms in total. The van der Waals surface area contributed by atoms with Crippen LogP contribution in [0.5, 0.6) is 0 Å². The maximum atomic E-state index is 11.3. The zero-order valence-corrected chi connectivity index (χ0v) is 10.5. The molecule has 1 rings (SSSR count). The first kappa shape index (κ1) is 13.3. The number of nitrogens with zero attached hydrogens (tertiary/aromatic N) is 2. The fourth-order valence-electron chi connectivity index (χ4n) is 1.43. The predicted octanol–water partition coefficient (Wildman–Crippen LogP) is 2.21. The van der Waals surface area contributed by atoms with E-state index in [1.807, 2.05) is 6.07 Å². The first-order valence-electron chi connectivity index (χ1n) is 5.15. The van der Waals surface area contributed by atoms with Gasteiger partial charge in [-0.3, -0.25) is 4.79 Å². The van der Waals surface area contributed by atoms with Crippen molar-refractivity contribution in [2.45, 2.75) is 6.92 Å². The number of esters is 1. The average molecular weight is 253 g/mol. The van der Waals surface area contributed by atoms with Gasteiger partial charge in [0.2, 0.25) is 0 Å². The Balaban J connectivity index is 2.90. The SMILES string of the molecule is CCOC(=O)CN(C)c1cccc(Cl)c1C#N. The van der Waals surface area contributed by atoms with E-state index in [-0.39, 0.29) is 12.5 Å². The minimum atomic E-state index is -0.334. The lowest BCUT2D eigenvalue weighted by atomic mass is 10.2. The Morgan fingerprint density at radius 2 is 2.29 bits per heavy atom. The van der Waals surface area contributed by atoms with Gasteiger partial charge in [0, 0.05) is 7.05 Å². The summed E-state index contributed by atoms with van der Waals surface area (Å²) in [5, 5.41) is 9.38. The van der Waals surface area contributed by atoms with Crippen LogP contribution in [0, 0.1) is 11.3 Å². The lowest BCUT2D eigenvalue weighted by Crippen LogP contribution is -2.27. The second kappa shape index (κ2) is 6.12. The molecule has 17 heavy (non-hydrogen) atoms. The van der Waals surface area contributed by atoms with Crippen LogP contribution in [0.1, 0.15) is 12.5 Å². The number of likely N-dealkylation sites (N-methyl/N-ethyl adjacent to an activating group) is 1. The molecule has 1 aromatic rings. The molecule has 0 aliphatic carbocycles. The van der Waals surface area contributed by atoms with Gasteiger partial charge in [-0.1, -0.05) is 17.7 Å². The third-order valence-corrected chi connectivity index (χ3v) is 2.50. The smallest absolute Gasteiger partial charge is 0.325 e. The zero-order valence-electron chi connectivity index (χ0n) is 9.74. The topological polar surface area (TPSA) is 53.3 Å². The molecule has 0 N–H and O–H groups in total. The van der Waals surface area contributed by atoms with Crippen LogP contribution < -0.4 is 4.90 Å². The Morgan fingerprint density at radius 3 is 2.88 bits per heavy atom. The first-order valence-corrected chi connectivity index (χ1v) is 5.53. The summed E-state index contributed by atoms with van der Waals surface area (Å²) in [5.74, 6) is -0.334. The summed E-state index contributed by atoms with van der Waals surface area (Å²) in [6.45, 7) is 2.17. The van der Waals surface area contributed by atoms with Crippen molar-refractivity contribution >= 4 is 23.3 Å². The van der Waals surface area contributed by atoms with E-state index in [0.717, 1.165) is 0 Å². The monoisotopic (exact) mass is 252 g/mol. The number of rotatable bonds is 4. The van der Waals surface area contributed by atoms with Crippen molar-refractivity contribution in [2.75, 3.05) is 25.1 Å². The van der Waals surface area contributed by atoms with Gasteiger partial charge in [0.25, 0.3) is 0 Å². The molecule has 0 atom stereocenters. The molecule has 90 valence electrons. The van der Waals surface area contributed by atoms with Crippen LogP contribution in [0.15, 0.2) is 18.2 Å². The fraction of sp³-hybridized carbons (Fsp3) is 0.333. The molecule has 0 aliphatic rings. The van der Waals surface area contributed by atoms with Crippen molar-refractivity contribution in [2.24, 2.45) is 0 Å². The van der Waals surface area contributed by atoms with E-state index >= 15 is 0 Å². The molecule has 0 spiro atoms. The molecule has 0 fully saturated rings. The summed E-state index contributed by atoms with van der Waals surface area (Å²) in [4.78, 5) is 13.0. The number of carbonyl (C=O) groups excluding carboxylic acids is 1. The van der Waals surface area contributed by atoms with Gasteiger partial charge in [0.1, 0.15) is 12.6 Å². The summed E-state index contributed by atoms with van der Waals surface area (Å²) in [6, 6.07) is 7.14. The number of hydrogen-bond donors (Lipinski definition) is 0. The van der Waals surface area contributed by atoms with Crippen molar-refractivity contribution in [1.29, 1.82) is 5.26 Å². The molecule has 0 heterocycles. The Hall–Kier alpha value is -1.73. The molecule has 0 saturated heterocycles. The molecule has 0 aromatic heterocycles. The number of hydrogen-bond acceptors (Lipinski definition) is 4. The number of anilines is 1. The van der Waals surface area contributed by atoms with Crippen LogP contribution in [0.3, 0.4) is 0 Å². The maximum Gasteiger partial charge on any atom is 0.325 e. The maximum absolute atomic E-state index is 11.3. The van der Waals surface area contributed by atoms with Crippen LogP contribution in [-0.4, -0.2) is 26.2 Å². The number of halogens is 1. The standard InChI is InChI=1S/C12H13ClN2O2/c1-3-17-12(16)8-15(2)11-6-4-5-10(13)9(11)7-14/h4-6H,3,8H2,1-2H3. The predicted molar refractivity (Wildman–Crippen MR) is 66.1 cm³/mol. The quantitative estimate of drug-likeness (QED) is 0.771. The van der Waals surface area contributed by atoms with Crippen LogP contribution in [0.25, 0.3) is 0 Å². The highest BCUT2D eigenvalue weighted by molar-refractivity contribution is 6.32. The second-order valence-corrected chi connectivity index (χ2v) is 3.81. The molecular weight excluding hydrogens is 240 g/mol. The molecule has 5 heteroatoms. The number of ether oxygens (including phenoxy) is 1. The van der Waals surface area contributed by atoms with Crippen molar-refractivity contribution in [3.63, 3.8) is 0 Å². The third-order valence-electron chi connectivity index (χ3n) is 2.19. The lowest BCUT2D eigenvalue weighted by molar-refractivity contribution is -0.141. The van der Waals surface area contributed by atoms with Crippen molar-refractivity contribution < 1.29 is 9.53 Å². The van der Waals surface area contributed by atoms with E-state index in [4.69, 9.17) is 21.6 Å². The third kappa shape index (κ3) is 3.36. The summed E-state index contributed by atoms with van der Waals surface area (Å²) >= 11 is 5.91. The van der Waals surface area contributed by atoms with Gasteiger partial charge in [-0.2, -0.15) is 5.26 Å². The average Bonchev–Trinajstić information content (AvgIpc) is 2.28. The molecule has 0 unspecified atom stereocenters. The normalized spacial score (nSPS) is 9.53. The zero-order chi connectivity index (χ0) is 12.8.